The highest BCUT2D eigenvalue weighted by Gasteiger charge is 2.48. The average molecular weight is 291 g/mol. The molecule has 3 nitrogen and oxygen atoms in total. The standard InChI is InChI=1S/C17H22FNO2/c18-14-4-1-3-12(9-14)15(20)10-16(21)19-11-17(7-2-8-17)13-5-6-13/h1,3-4,9,13,15,20H,2,5-8,10-11H2,(H,19,21). The van der Waals surface area contributed by atoms with Crippen molar-refractivity contribution in [2.45, 2.75) is 44.6 Å². The van der Waals surface area contributed by atoms with E-state index in [1.807, 2.05) is 0 Å². The van der Waals surface area contributed by atoms with E-state index in [9.17, 15) is 14.3 Å². The van der Waals surface area contributed by atoms with Crippen LogP contribution in [-0.2, 0) is 4.79 Å². The number of aliphatic hydroxyl groups excluding tert-OH is 1. The average Bonchev–Trinajstić information content (AvgIpc) is 3.22. The van der Waals surface area contributed by atoms with Crippen LogP contribution in [0, 0.1) is 17.2 Å². The van der Waals surface area contributed by atoms with Crippen LogP contribution in [0.2, 0.25) is 0 Å². The first-order valence-electron chi connectivity index (χ1n) is 7.79. The van der Waals surface area contributed by atoms with Crippen molar-refractivity contribution in [1.82, 2.24) is 5.32 Å². The van der Waals surface area contributed by atoms with Gasteiger partial charge in [0.05, 0.1) is 12.5 Å². The molecule has 0 bridgehead atoms. The van der Waals surface area contributed by atoms with E-state index in [0.29, 0.717) is 11.0 Å². The summed E-state index contributed by atoms with van der Waals surface area (Å²) in [6, 6.07) is 5.78. The van der Waals surface area contributed by atoms with Gasteiger partial charge < -0.3 is 10.4 Å². The smallest absolute Gasteiger partial charge is 0.222 e. The van der Waals surface area contributed by atoms with E-state index in [2.05, 4.69) is 5.32 Å². The maximum Gasteiger partial charge on any atom is 0.222 e. The molecule has 2 saturated carbocycles. The normalized spacial score (nSPS) is 21.4. The molecule has 1 unspecified atom stereocenters. The number of hydrogen-bond acceptors (Lipinski definition) is 2. The molecule has 114 valence electrons. The molecule has 0 radical (unpaired) electrons. The van der Waals surface area contributed by atoms with Crippen molar-refractivity contribution in [2.75, 3.05) is 6.54 Å². The zero-order valence-corrected chi connectivity index (χ0v) is 12.1. The third-order valence-electron chi connectivity index (χ3n) is 5.04. The Labute approximate surface area is 124 Å². The van der Waals surface area contributed by atoms with Crippen molar-refractivity contribution < 1.29 is 14.3 Å². The summed E-state index contributed by atoms with van der Waals surface area (Å²) in [5.74, 6) is 0.243. The second kappa shape index (κ2) is 5.76. The third kappa shape index (κ3) is 3.26. The summed E-state index contributed by atoms with van der Waals surface area (Å²) >= 11 is 0. The Morgan fingerprint density at radius 1 is 1.43 bits per heavy atom. The molecule has 2 aliphatic rings. The fraction of sp³-hybridized carbons (Fsp3) is 0.588. The summed E-state index contributed by atoms with van der Waals surface area (Å²) in [5.41, 5.74) is 0.783. The van der Waals surface area contributed by atoms with E-state index >= 15 is 0 Å². The van der Waals surface area contributed by atoms with Crippen molar-refractivity contribution in [3.63, 3.8) is 0 Å². The Morgan fingerprint density at radius 3 is 2.76 bits per heavy atom. The van der Waals surface area contributed by atoms with Gasteiger partial charge in [0.2, 0.25) is 5.91 Å². The molecule has 4 heteroatoms. The molecule has 2 fully saturated rings. The maximum atomic E-state index is 13.1. The molecule has 0 spiro atoms. The fourth-order valence-electron chi connectivity index (χ4n) is 3.41. The molecule has 1 aromatic carbocycles. The minimum absolute atomic E-state index is 0.00972. The van der Waals surface area contributed by atoms with Crippen molar-refractivity contribution >= 4 is 5.91 Å². The summed E-state index contributed by atoms with van der Waals surface area (Å²) in [5, 5.41) is 13.0. The SMILES string of the molecule is O=C(CC(O)c1cccc(F)c1)NCC1(C2CC2)CCC1. The number of carbonyl (C=O) groups is 1. The van der Waals surface area contributed by atoms with Crippen LogP contribution in [0.4, 0.5) is 4.39 Å². The fourth-order valence-corrected chi connectivity index (χ4v) is 3.41. The topological polar surface area (TPSA) is 49.3 Å². The van der Waals surface area contributed by atoms with Crippen LogP contribution < -0.4 is 5.32 Å². The van der Waals surface area contributed by atoms with Gasteiger partial charge in [-0.3, -0.25) is 4.79 Å². The molecule has 21 heavy (non-hydrogen) atoms. The molecule has 0 saturated heterocycles. The molecule has 0 aromatic heterocycles. The first-order valence-corrected chi connectivity index (χ1v) is 7.79. The highest BCUT2D eigenvalue weighted by atomic mass is 19.1. The maximum absolute atomic E-state index is 13.1. The van der Waals surface area contributed by atoms with Gasteiger partial charge >= 0.3 is 0 Å². The number of hydrogen-bond donors (Lipinski definition) is 2. The van der Waals surface area contributed by atoms with E-state index in [1.165, 1.54) is 44.2 Å². The molecule has 1 atom stereocenters. The molecule has 2 aliphatic carbocycles. The van der Waals surface area contributed by atoms with Gasteiger partial charge in [0.15, 0.2) is 0 Å². The van der Waals surface area contributed by atoms with Gasteiger partial charge in [0.25, 0.3) is 0 Å². The van der Waals surface area contributed by atoms with Crippen LogP contribution in [0.5, 0.6) is 0 Å². The predicted octanol–water partition coefficient (Wildman–Crippen LogP) is 2.95. The van der Waals surface area contributed by atoms with Gasteiger partial charge in [0, 0.05) is 6.54 Å². The van der Waals surface area contributed by atoms with Crippen molar-refractivity contribution in [2.24, 2.45) is 11.3 Å². The van der Waals surface area contributed by atoms with Crippen molar-refractivity contribution in [1.29, 1.82) is 0 Å². The van der Waals surface area contributed by atoms with E-state index in [-0.39, 0.29) is 12.3 Å². The number of nitrogens with one attached hydrogen (secondary N) is 1. The van der Waals surface area contributed by atoms with Crippen molar-refractivity contribution in [3.8, 4) is 0 Å². The number of halogens is 1. The molecule has 3 rings (SSSR count). The summed E-state index contributed by atoms with van der Waals surface area (Å²) in [6.45, 7) is 0.729. The van der Waals surface area contributed by atoms with Crippen LogP contribution in [0.15, 0.2) is 24.3 Å². The highest BCUT2D eigenvalue weighted by molar-refractivity contribution is 5.76. The molecular weight excluding hydrogens is 269 g/mol. The van der Waals surface area contributed by atoms with Gasteiger partial charge in [-0.15, -0.1) is 0 Å². The Bertz CT molecular complexity index is 523. The zero-order chi connectivity index (χ0) is 14.9. The van der Waals surface area contributed by atoms with Crippen LogP contribution >= 0.6 is 0 Å². The van der Waals surface area contributed by atoms with E-state index < -0.39 is 11.9 Å². The van der Waals surface area contributed by atoms with Gasteiger partial charge in [-0.1, -0.05) is 18.6 Å². The van der Waals surface area contributed by atoms with Crippen LogP contribution in [0.3, 0.4) is 0 Å². The molecule has 0 heterocycles. The first-order chi connectivity index (χ1) is 10.1. The lowest BCUT2D eigenvalue weighted by molar-refractivity contribution is -0.124. The Balaban J connectivity index is 1.49. The van der Waals surface area contributed by atoms with Crippen LogP contribution in [0.1, 0.15) is 50.2 Å². The summed E-state index contributed by atoms with van der Waals surface area (Å²) < 4.78 is 13.1. The number of rotatable bonds is 6. The lowest BCUT2D eigenvalue weighted by Gasteiger charge is -2.42. The first kappa shape index (κ1) is 14.5. The number of amides is 1. The van der Waals surface area contributed by atoms with E-state index in [0.717, 1.165) is 12.5 Å². The Morgan fingerprint density at radius 2 is 2.19 bits per heavy atom. The zero-order valence-electron chi connectivity index (χ0n) is 12.1. The summed E-state index contributed by atoms with van der Waals surface area (Å²) in [7, 11) is 0. The minimum atomic E-state index is -0.945. The quantitative estimate of drug-likeness (QED) is 0.846. The lowest BCUT2D eigenvalue weighted by atomic mass is 9.65. The molecule has 0 aliphatic heterocycles. The lowest BCUT2D eigenvalue weighted by Crippen LogP contribution is -2.43. The Kier molecular flexibility index (Phi) is 3.98. The molecular formula is C17H22FNO2. The molecule has 1 aromatic rings. The minimum Gasteiger partial charge on any atom is -0.388 e. The van der Waals surface area contributed by atoms with Crippen molar-refractivity contribution in [3.05, 3.63) is 35.6 Å². The van der Waals surface area contributed by atoms with Crippen LogP contribution in [0.25, 0.3) is 0 Å². The second-order valence-corrected chi connectivity index (χ2v) is 6.54. The van der Waals surface area contributed by atoms with Gasteiger partial charge in [-0.2, -0.15) is 0 Å². The summed E-state index contributed by atoms with van der Waals surface area (Å²) in [4.78, 5) is 12.0. The third-order valence-corrected chi connectivity index (χ3v) is 5.04. The number of benzene rings is 1. The van der Waals surface area contributed by atoms with Gasteiger partial charge in [-0.05, 0) is 54.7 Å². The largest absolute Gasteiger partial charge is 0.388 e. The summed E-state index contributed by atoms with van der Waals surface area (Å²) in [6.07, 6.45) is 5.32. The van der Waals surface area contributed by atoms with E-state index in [4.69, 9.17) is 0 Å². The highest BCUT2D eigenvalue weighted by Crippen LogP contribution is 2.56. The number of aliphatic hydroxyl groups is 1. The second-order valence-electron chi connectivity index (χ2n) is 6.54. The Hall–Kier alpha value is -1.42. The monoisotopic (exact) mass is 291 g/mol. The van der Waals surface area contributed by atoms with Gasteiger partial charge in [-0.25, -0.2) is 4.39 Å². The predicted molar refractivity (Wildman–Crippen MR) is 78.0 cm³/mol. The van der Waals surface area contributed by atoms with Crippen LogP contribution in [-0.4, -0.2) is 17.6 Å². The molecule has 1 amide bonds. The number of carbonyl (C=O) groups excluding carboxylic acids is 1. The van der Waals surface area contributed by atoms with Gasteiger partial charge in [0.1, 0.15) is 5.82 Å². The molecule has 2 N–H and O–H groups in total. The van der Waals surface area contributed by atoms with E-state index in [1.54, 1.807) is 12.1 Å².